The number of nitrogens with one attached hydrogen (secondary N) is 4. The van der Waals surface area contributed by atoms with Gasteiger partial charge in [0.25, 0.3) is 0 Å². The van der Waals surface area contributed by atoms with Crippen molar-refractivity contribution in [2.45, 2.75) is 108 Å². The molecule has 1 aliphatic rings. The second-order valence-corrected chi connectivity index (χ2v) is 12.5. The van der Waals surface area contributed by atoms with Crippen molar-refractivity contribution in [1.82, 2.24) is 26.2 Å². The molecule has 0 bridgehead atoms. The first-order valence-corrected chi connectivity index (χ1v) is 16.9. The van der Waals surface area contributed by atoms with Crippen LogP contribution in [0.4, 0.5) is 0 Å². The van der Waals surface area contributed by atoms with Crippen LogP contribution in [0.25, 0.3) is 0 Å². The third-order valence-electron chi connectivity index (χ3n) is 7.50. The molecular weight excluding hydrogens is 590 g/mol. The molecule has 5 amide bonds. The molecule has 1 saturated heterocycles. The number of thioether (sulfide) groups is 1. The molecule has 44 heavy (non-hydrogen) atoms. The number of hydrogen-bond donors (Lipinski definition) is 7. The van der Waals surface area contributed by atoms with Crippen LogP contribution in [-0.4, -0.2) is 108 Å². The van der Waals surface area contributed by atoms with Gasteiger partial charge in [-0.3, -0.25) is 24.0 Å². The molecule has 252 valence electrons. The number of carbonyl (C=O) groups excluding carboxylic acids is 5. The van der Waals surface area contributed by atoms with E-state index < -0.39 is 59.8 Å². The smallest absolute Gasteiger partial charge is 0.326 e. The van der Waals surface area contributed by atoms with Gasteiger partial charge in [0.2, 0.25) is 30.0 Å². The minimum atomic E-state index is -1.17. The molecule has 1 aliphatic heterocycles. The van der Waals surface area contributed by atoms with Crippen molar-refractivity contribution in [1.29, 1.82) is 0 Å². The van der Waals surface area contributed by atoms with Crippen molar-refractivity contribution >= 4 is 47.8 Å². The summed E-state index contributed by atoms with van der Waals surface area (Å²) in [5.41, 5.74) is 11.1. The first-order chi connectivity index (χ1) is 21.0. The molecule has 0 aromatic heterocycles. The van der Waals surface area contributed by atoms with Crippen LogP contribution in [-0.2, 0) is 28.8 Å². The Labute approximate surface area is 264 Å². The molecule has 0 radical (unpaired) electrons. The Hall–Kier alpha value is -2.91. The van der Waals surface area contributed by atoms with Gasteiger partial charge < -0.3 is 42.7 Å². The van der Waals surface area contributed by atoms with Crippen molar-refractivity contribution in [3.8, 4) is 0 Å². The molecule has 0 aliphatic carbocycles. The predicted octanol–water partition coefficient (Wildman–Crippen LogP) is -0.312. The summed E-state index contributed by atoms with van der Waals surface area (Å²) in [6.07, 6.45) is 6.74. The maximum Gasteiger partial charge on any atom is 0.326 e. The molecule has 1 rings (SSSR count). The average Bonchev–Trinajstić information content (AvgIpc) is 3.47. The van der Waals surface area contributed by atoms with E-state index in [1.165, 1.54) is 16.7 Å². The lowest BCUT2D eigenvalue weighted by Crippen LogP contribution is -2.58. The number of aliphatic carboxylic acids is 1. The SMILES string of the molecule is CSCC[C@H](NC=O)C(=O)N[C@@H](CC(C)C)C(=O)N1CCC[C@H]1C(=O)N[C@@H](CCCCN)C(=O)N[C@@H](CCCCN)C(=O)O. The Morgan fingerprint density at radius 1 is 0.886 bits per heavy atom. The van der Waals surface area contributed by atoms with Crippen LogP contribution >= 0.6 is 11.8 Å². The van der Waals surface area contributed by atoms with Crippen LogP contribution < -0.4 is 32.7 Å². The van der Waals surface area contributed by atoms with E-state index in [2.05, 4.69) is 21.3 Å². The molecule has 0 aromatic carbocycles. The quantitative estimate of drug-likeness (QED) is 0.0568. The standard InChI is InChI=1S/C29H53N7O7S/c1-19(2)17-23(35-25(38)20(32-18-37)12-16-44-3)28(41)36-15-8-11-24(36)27(40)33-21(9-4-6-13-30)26(39)34-22(29(42)43)10-5-7-14-31/h18-24H,4-17,30-31H2,1-3H3,(H,32,37)(H,33,40)(H,34,39)(H,35,38)(H,42,43)/t20-,21-,22-,23-,24-/m0/s1. The van der Waals surface area contributed by atoms with E-state index in [1.54, 1.807) is 0 Å². The number of rotatable bonds is 23. The van der Waals surface area contributed by atoms with E-state index >= 15 is 0 Å². The second kappa shape index (κ2) is 21.7. The molecule has 9 N–H and O–H groups in total. The normalized spacial score (nSPS) is 17.3. The van der Waals surface area contributed by atoms with Gasteiger partial charge in [-0.2, -0.15) is 11.8 Å². The Balaban J connectivity index is 3.08. The molecule has 5 atom stereocenters. The number of carboxylic acids is 1. The highest BCUT2D eigenvalue weighted by Crippen LogP contribution is 2.21. The van der Waals surface area contributed by atoms with Crippen LogP contribution in [0.2, 0.25) is 0 Å². The molecule has 0 spiro atoms. The fourth-order valence-electron chi connectivity index (χ4n) is 5.13. The predicted molar refractivity (Wildman–Crippen MR) is 169 cm³/mol. The van der Waals surface area contributed by atoms with Crippen molar-refractivity contribution in [3.05, 3.63) is 0 Å². The van der Waals surface area contributed by atoms with Gasteiger partial charge in [0.15, 0.2) is 0 Å². The largest absolute Gasteiger partial charge is 0.480 e. The average molecular weight is 644 g/mol. The van der Waals surface area contributed by atoms with Gasteiger partial charge in [-0.15, -0.1) is 0 Å². The summed E-state index contributed by atoms with van der Waals surface area (Å²) in [6.45, 7) is 4.94. The summed E-state index contributed by atoms with van der Waals surface area (Å²) in [4.78, 5) is 77.8. The first-order valence-electron chi connectivity index (χ1n) is 15.5. The van der Waals surface area contributed by atoms with Crippen molar-refractivity contribution in [2.24, 2.45) is 17.4 Å². The van der Waals surface area contributed by atoms with E-state index in [1.807, 2.05) is 20.1 Å². The highest BCUT2D eigenvalue weighted by atomic mass is 32.2. The summed E-state index contributed by atoms with van der Waals surface area (Å²) >= 11 is 1.53. The molecule has 1 fully saturated rings. The van der Waals surface area contributed by atoms with Gasteiger partial charge >= 0.3 is 5.97 Å². The Morgan fingerprint density at radius 3 is 2.02 bits per heavy atom. The number of unbranched alkanes of at least 4 members (excludes halogenated alkanes) is 2. The molecule has 0 saturated carbocycles. The number of likely N-dealkylation sites (tertiary alicyclic amines) is 1. The Morgan fingerprint density at radius 2 is 1.48 bits per heavy atom. The number of carboxylic acid groups (broad SMARTS) is 1. The summed E-state index contributed by atoms with van der Waals surface area (Å²) in [5, 5.41) is 20.2. The van der Waals surface area contributed by atoms with E-state index in [4.69, 9.17) is 11.5 Å². The number of hydrogen-bond acceptors (Lipinski definition) is 9. The summed E-state index contributed by atoms with van der Waals surface area (Å²) < 4.78 is 0. The third-order valence-corrected chi connectivity index (χ3v) is 8.14. The fourth-order valence-corrected chi connectivity index (χ4v) is 5.60. The van der Waals surface area contributed by atoms with Crippen molar-refractivity contribution in [3.63, 3.8) is 0 Å². The Kier molecular flexibility index (Phi) is 19.3. The maximum atomic E-state index is 13.8. The third kappa shape index (κ3) is 13.8. The zero-order valence-electron chi connectivity index (χ0n) is 26.3. The number of nitrogens with two attached hydrogens (primary N) is 2. The molecule has 0 aromatic rings. The fraction of sp³-hybridized carbons (Fsp3) is 0.793. The number of amides is 5. The van der Waals surface area contributed by atoms with Gasteiger partial charge in [0.05, 0.1) is 0 Å². The zero-order chi connectivity index (χ0) is 33.1. The molecule has 15 heteroatoms. The number of carbonyl (C=O) groups is 6. The highest BCUT2D eigenvalue weighted by Gasteiger charge is 2.39. The zero-order valence-corrected chi connectivity index (χ0v) is 27.2. The van der Waals surface area contributed by atoms with Gasteiger partial charge in [-0.05, 0) is 95.2 Å². The van der Waals surface area contributed by atoms with Crippen LogP contribution in [0.5, 0.6) is 0 Å². The monoisotopic (exact) mass is 643 g/mol. The van der Waals surface area contributed by atoms with E-state index in [9.17, 15) is 33.9 Å². The lowest BCUT2D eigenvalue weighted by Gasteiger charge is -2.31. The molecule has 14 nitrogen and oxygen atoms in total. The highest BCUT2D eigenvalue weighted by molar-refractivity contribution is 7.98. The van der Waals surface area contributed by atoms with Crippen LogP contribution in [0.15, 0.2) is 0 Å². The summed E-state index contributed by atoms with van der Waals surface area (Å²) in [5.74, 6) is -2.51. The lowest BCUT2D eigenvalue weighted by atomic mass is 10.0. The molecule has 1 heterocycles. The van der Waals surface area contributed by atoms with Gasteiger partial charge in [-0.1, -0.05) is 13.8 Å². The van der Waals surface area contributed by atoms with Gasteiger partial charge in [0, 0.05) is 6.54 Å². The number of nitrogens with zero attached hydrogens (tertiary/aromatic N) is 1. The van der Waals surface area contributed by atoms with Gasteiger partial charge in [0.1, 0.15) is 30.2 Å². The Bertz CT molecular complexity index is 940. The summed E-state index contributed by atoms with van der Waals surface area (Å²) in [6, 6.07) is -4.70. The van der Waals surface area contributed by atoms with Gasteiger partial charge in [-0.25, -0.2) is 4.79 Å². The molecular formula is C29H53N7O7S. The van der Waals surface area contributed by atoms with Crippen LogP contribution in [0.1, 0.15) is 78.1 Å². The first kappa shape index (κ1) is 39.1. The minimum absolute atomic E-state index is 0.0467. The van der Waals surface area contributed by atoms with Crippen molar-refractivity contribution in [2.75, 3.05) is 31.6 Å². The van der Waals surface area contributed by atoms with Crippen LogP contribution in [0.3, 0.4) is 0 Å². The second-order valence-electron chi connectivity index (χ2n) is 11.5. The molecule has 0 unspecified atom stereocenters. The van der Waals surface area contributed by atoms with Crippen LogP contribution in [0, 0.1) is 5.92 Å². The lowest BCUT2D eigenvalue weighted by molar-refractivity contribution is -0.144. The van der Waals surface area contributed by atoms with E-state index in [0.717, 1.165) is 0 Å². The van der Waals surface area contributed by atoms with E-state index in [-0.39, 0.29) is 18.8 Å². The topological polar surface area (TPSA) is 226 Å². The summed E-state index contributed by atoms with van der Waals surface area (Å²) in [7, 11) is 0. The van der Waals surface area contributed by atoms with E-state index in [0.29, 0.717) is 83.2 Å². The minimum Gasteiger partial charge on any atom is -0.480 e. The van der Waals surface area contributed by atoms with Crippen molar-refractivity contribution < 1.29 is 33.9 Å². The maximum absolute atomic E-state index is 13.8.